The van der Waals surface area contributed by atoms with Gasteiger partial charge >= 0.3 is 0 Å². The highest BCUT2D eigenvalue weighted by Crippen LogP contribution is 2.71. The van der Waals surface area contributed by atoms with Gasteiger partial charge in [0.1, 0.15) is 30.0 Å². The minimum Gasteiger partial charge on any atom is -0.479 e. The Labute approximate surface area is 256 Å². The predicted molar refractivity (Wildman–Crippen MR) is 159 cm³/mol. The van der Waals surface area contributed by atoms with E-state index in [9.17, 15) is 25.5 Å². The molecule has 0 unspecified atom stereocenters. The summed E-state index contributed by atoms with van der Waals surface area (Å²) >= 11 is 0. The number of fused-ring (bicyclic) bond motifs is 7. The first-order chi connectivity index (χ1) is 20.4. The zero-order valence-electron chi connectivity index (χ0n) is 26.5. The lowest BCUT2D eigenvalue weighted by molar-refractivity contribution is -0.227. The fourth-order valence-corrected chi connectivity index (χ4v) is 11.9. The molecule has 7 fully saturated rings. The molecule has 7 rings (SSSR count). The van der Waals surface area contributed by atoms with Gasteiger partial charge in [-0.15, -0.1) is 0 Å². The molecule has 3 heterocycles. The van der Waals surface area contributed by atoms with Crippen molar-refractivity contribution in [3.8, 4) is 0 Å². The molecule has 0 aromatic rings. The molecule has 244 valence electrons. The Kier molecular flexibility index (Phi) is 7.80. The second-order valence-corrected chi connectivity index (χ2v) is 16.3. The van der Waals surface area contributed by atoms with Crippen LogP contribution >= 0.6 is 0 Å². The van der Waals surface area contributed by atoms with Crippen molar-refractivity contribution in [2.75, 3.05) is 13.2 Å². The van der Waals surface area contributed by atoms with Gasteiger partial charge in [0.05, 0.1) is 25.4 Å². The molecule has 4 aliphatic carbocycles. The molecular weight excluding hydrogens is 550 g/mol. The molecule has 1 spiro atoms. The average Bonchev–Trinajstić information content (AvgIpc) is 3.38. The van der Waals surface area contributed by atoms with Crippen LogP contribution in [0.15, 0.2) is 4.99 Å². The van der Waals surface area contributed by atoms with Gasteiger partial charge in [0.15, 0.2) is 6.23 Å². The first-order valence-electron chi connectivity index (χ1n) is 17.3. The summed E-state index contributed by atoms with van der Waals surface area (Å²) in [5.41, 5.74) is -0.240. The van der Waals surface area contributed by atoms with Crippen molar-refractivity contribution < 1.29 is 39.7 Å². The SMILES string of the molecule is C[C@H]1CC[C@]2(O[C@H]3C[C@H]4[C@@H]5CC[C@@H]6C[C@@H](O)CC[C@]6(C)[C@H]5CC[C@]4(C)[C@H]3[C@@H]2C)/C(=N/[C@H]2O[C@H](CO)[C@@H](O)[C@H](O)[C@H]2O)OC1. The fourth-order valence-electron chi connectivity index (χ4n) is 11.9. The summed E-state index contributed by atoms with van der Waals surface area (Å²) in [6, 6.07) is 0. The summed E-state index contributed by atoms with van der Waals surface area (Å²) in [5, 5.41) is 51.8. The number of aliphatic hydroxyl groups is 5. The Morgan fingerprint density at radius 2 is 1.60 bits per heavy atom. The Morgan fingerprint density at radius 3 is 2.37 bits per heavy atom. The Balaban J connectivity index is 1.18. The van der Waals surface area contributed by atoms with Gasteiger partial charge in [0.25, 0.3) is 0 Å². The van der Waals surface area contributed by atoms with Gasteiger partial charge in [0, 0.05) is 0 Å². The van der Waals surface area contributed by atoms with Crippen LogP contribution in [0.1, 0.15) is 91.9 Å². The van der Waals surface area contributed by atoms with E-state index in [1.807, 2.05) is 0 Å². The van der Waals surface area contributed by atoms with Gasteiger partial charge in [-0.3, -0.25) is 0 Å². The lowest BCUT2D eigenvalue weighted by Gasteiger charge is -2.61. The Morgan fingerprint density at radius 1 is 0.837 bits per heavy atom. The summed E-state index contributed by atoms with van der Waals surface area (Å²) in [6.07, 6.45) is 4.23. The lowest BCUT2D eigenvalue weighted by Crippen LogP contribution is -2.58. The van der Waals surface area contributed by atoms with Crippen LogP contribution in [0.4, 0.5) is 0 Å². The fraction of sp³-hybridized carbons (Fsp3) is 0.971. The Bertz CT molecular complexity index is 1090. The maximum absolute atomic E-state index is 10.8. The highest BCUT2D eigenvalue weighted by Gasteiger charge is 2.70. The maximum atomic E-state index is 10.8. The van der Waals surface area contributed by atoms with E-state index in [0.717, 1.165) is 44.4 Å². The van der Waals surface area contributed by atoms with Crippen molar-refractivity contribution in [1.82, 2.24) is 0 Å². The molecule has 0 aromatic carbocycles. The van der Waals surface area contributed by atoms with E-state index in [0.29, 0.717) is 47.5 Å². The van der Waals surface area contributed by atoms with E-state index in [4.69, 9.17) is 19.2 Å². The molecular formula is C34H55NO8. The quantitative estimate of drug-likeness (QED) is 0.324. The van der Waals surface area contributed by atoms with Crippen molar-refractivity contribution in [2.45, 2.75) is 140 Å². The van der Waals surface area contributed by atoms with Crippen molar-refractivity contribution in [2.24, 2.45) is 57.2 Å². The molecule has 7 aliphatic rings. The largest absolute Gasteiger partial charge is 0.479 e. The third-order valence-electron chi connectivity index (χ3n) is 14.3. The number of nitrogens with zero attached hydrogens (tertiary/aromatic N) is 1. The number of hydrogen-bond acceptors (Lipinski definition) is 9. The van der Waals surface area contributed by atoms with Gasteiger partial charge < -0.3 is 39.7 Å². The molecule has 4 saturated carbocycles. The molecule has 0 aromatic heterocycles. The monoisotopic (exact) mass is 605 g/mol. The van der Waals surface area contributed by atoms with Crippen LogP contribution in [0, 0.1) is 52.3 Å². The standard InChI is InChI=1S/C34H55NO8/c1-17-7-12-34(31(41-16-17)35-30-29(40)28(39)27(38)25(15-36)42-30)18(2)26-24(43-34)14-23-21-6-5-19-13-20(37)8-10-32(19,3)22(21)9-11-33(23,26)4/h17-30,36-40H,5-16H2,1-4H3/b35-31-/t17-,18-,19+,20-,21+,22-,23-,24-,25+,26-,27+,28-,29+,30-,32-,33-,34+/m0/s1. The summed E-state index contributed by atoms with van der Waals surface area (Å²) < 4.78 is 19.5. The van der Waals surface area contributed by atoms with Crippen LogP contribution in [-0.4, -0.2) is 93.1 Å². The molecule has 3 aliphatic heterocycles. The van der Waals surface area contributed by atoms with Crippen LogP contribution in [0.3, 0.4) is 0 Å². The van der Waals surface area contributed by atoms with Crippen molar-refractivity contribution in [3.63, 3.8) is 0 Å². The molecule has 17 atom stereocenters. The predicted octanol–water partition coefficient (Wildman–Crippen LogP) is 3.03. The van der Waals surface area contributed by atoms with Crippen LogP contribution in [0.2, 0.25) is 0 Å². The molecule has 5 N–H and O–H groups in total. The normalized spacial score (nSPS) is 59.1. The molecule has 9 nitrogen and oxygen atoms in total. The van der Waals surface area contributed by atoms with Crippen LogP contribution in [0.5, 0.6) is 0 Å². The van der Waals surface area contributed by atoms with Crippen LogP contribution < -0.4 is 0 Å². The van der Waals surface area contributed by atoms with E-state index in [-0.39, 0.29) is 23.5 Å². The molecule has 3 saturated heterocycles. The van der Waals surface area contributed by atoms with E-state index in [2.05, 4.69) is 27.7 Å². The van der Waals surface area contributed by atoms with Crippen LogP contribution in [0.25, 0.3) is 0 Å². The maximum Gasteiger partial charge on any atom is 0.219 e. The summed E-state index contributed by atoms with van der Waals surface area (Å²) in [7, 11) is 0. The zero-order chi connectivity index (χ0) is 30.5. The zero-order valence-corrected chi connectivity index (χ0v) is 26.5. The summed E-state index contributed by atoms with van der Waals surface area (Å²) in [5.74, 6) is 3.98. The second kappa shape index (κ2) is 10.9. The minimum absolute atomic E-state index is 0.111. The van der Waals surface area contributed by atoms with E-state index in [1.165, 1.54) is 25.7 Å². The highest BCUT2D eigenvalue weighted by atomic mass is 16.6. The second-order valence-electron chi connectivity index (χ2n) is 16.3. The van der Waals surface area contributed by atoms with Gasteiger partial charge in [-0.25, -0.2) is 4.99 Å². The van der Waals surface area contributed by atoms with Crippen LogP contribution in [-0.2, 0) is 14.2 Å². The average molecular weight is 606 g/mol. The van der Waals surface area contributed by atoms with Gasteiger partial charge in [-0.1, -0.05) is 27.7 Å². The molecule has 43 heavy (non-hydrogen) atoms. The van der Waals surface area contributed by atoms with E-state index < -0.39 is 42.9 Å². The third kappa shape index (κ3) is 4.53. The molecule has 0 bridgehead atoms. The smallest absolute Gasteiger partial charge is 0.219 e. The first-order valence-corrected chi connectivity index (χ1v) is 17.3. The van der Waals surface area contributed by atoms with E-state index in [1.54, 1.807) is 0 Å². The van der Waals surface area contributed by atoms with Gasteiger partial charge in [-0.05, 0) is 116 Å². The van der Waals surface area contributed by atoms with Gasteiger partial charge in [0.2, 0.25) is 5.90 Å². The minimum atomic E-state index is -1.48. The number of rotatable bonds is 2. The number of hydrogen-bond donors (Lipinski definition) is 5. The molecule has 0 radical (unpaired) electrons. The highest BCUT2D eigenvalue weighted by molar-refractivity contribution is 5.86. The van der Waals surface area contributed by atoms with Crippen molar-refractivity contribution in [3.05, 3.63) is 0 Å². The molecule has 0 amide bonds. The molecule has 9 heteroatoms. The topological polar surface area (TPSA) is 141 Å². The summed E-state index contributed by atoms with van der Waals surface area (Å²) in [4.78, 5) is 4.81. The number of aliphatic hydroxyl groups excluding tert-OH is 5. The first kappa shape index (κ1) is 30.8. The third-order valence-corrected chi connectivity index (χ3v) is 14.3. The van der Waals surface area contributed by atoms with Crippen molar-refractivity contribution >= 4 is 5.90 Å². The van der Waals surface area contributed by atoms with Gasteiger partial charge in [-0.2, -0.15) is 0 Å². The summed E-state index contributed by atoms with van der Waals surface area (Å²) in [6.45, 7) is 9.55. The number of ether oxygens (including phenoxy) is 3. The van der Waals surface area contributed by atoms with Crippen molar-refractivity contribution in [1.29, 1.82) is 0 Å². The lowest BCUT2D eigenvalue weighted by atomic mass is 9.44. The Hall–Kier alpha value is -0.810. The van der Waals surface area contributed by atoms with E-state index >= 15 is 0 Å². The number of aliphatic imine (C=N–C) groups is 1.